The van der Waals surface area contributed by atoms with Gasteiger partial charge in [-0.15, -0.1) is 0 Å². The molecule has 0 radical (unpaired) electrons. The van der Waals surface area contributed by atoms with Crippen LogP contribution in [0.1, 0.15) is 103 Å². The maximum Gasteiger partial charge on any atom is 0.219 e. The van der Waals surface area contributed by atoms with E-state index >= 15 is 0 Å². The molecule has 2 fully saturated rings. The average molecular weight is 380 g/mol. The van der Waals surface area contributed by atoms with E-state index in [-0.39, 0.29) is 5.91 Å². The average Bonchev–Trinajstić information content (AvgIpc) is 2.68. The smallest absolute Gasteiger partial charge is 0.219 e. The molecule has 0 aromatic heterocycles. The summed E-state index contributed by atoms with van der Waals surface area (Å²) in [5.41, 5.74) is 0. The molecular formula is C23H45N3O. The number of nitrogens with zero attached hydrogens (tertiary/aromatic N) is 1. The Hall–Kier alpha value is -0.610. The Labute approximate surface area is 168 Å². The topological polar surface area (TPSA) is 44.4 Å². The summed E-state index contributed by atoms with van der Waals surface area (Å²) in [5, 5.41) is 6.67. The zero-order chi connectivity index (χ0) is 19.0. The number of amides is 1. The van der Waals surface area contributed by atoms with Crippen LogP contribution >= 0.6 is 0 Å². The van der Waals surface area contributed by atoms with Gasteiger partial charge in [0.2, 0.25) is 5.91 Å². The van der Waals surface area contributed by atoms with Gasteiger partial charge in [0.05, 0.1) is 0 Å². The molecule has 0 aliphatic carbocycles. The standard InChI is InChI=1S/C23H45N3O/c27-23-16-8-6-4-2-1-3-5-7-14-22-15-9-12-20-26(22)21-13-18-24-17-10-11-19-25-23/h22,24H,1-21H2,(H,25,27)/t22-/m1/s1. The number of carbonyl (C=O) groups excluding carboxylic acids is 1. The first-order chi connectivity index (χ1) is 13.4. The van der Waals surface area contributed by atoms with Crippen molar-refractivity contribution in [2.75, 3.05) is 32.7 Å². The Kier molecular flexibility index (Phi) is 12.9. The monoisotopic (exact) mass is 379 g/mol. The fourth-order valence-corrected chi connectivity index (χ4v) is 4.63. The van der Waals surface area contributed by atoms with Gasteiger partial charge in [0, 0.05) is 19.0 Å². The molecule has 2 aliphatic heterocycles. The van der Waals surface area contributed by atoms with E-state index in [2.05, 4.69) is 15.5 Å². The molecule has 4 heteroatoms. The predicted molar refractivity (Wildman–Crippen MR) is 115 cm³/mol. The Balaban J connectivity index is 1.67. The normalized spacial score (nSPS) is 27.6. The molecule has 0 aromatic rings. The molecule has 2 heterocycles. The number of fused-ring (bicyclic) bond motifs is 1. The van der Waals surface area contributed by atoms with E-state index in [9.17, 15) is 4.79 Å². The largest absolute Gasteiger partial charge is 0.356 e. The highest BCUT2D eigenvalue weighted by atomic mass is 16.1. The van der Waals surface area contributed by atoms with Crippen LogP contribution < -0.4 is 10.6 Å². The van der Waals surface area contributed by atoms with Crippen molar-refractivity contribution in [3.63, 3.8) is 0 Å². The summed E-state index contributed by atoms with van der Waals surface area (Å²) < 4.78 is 0. The molecule has 0 unspecified atom stereocenters. The molecule has 0 saturated carbocycles. The van der Waals surface area contributed by atoms with Crippen LogP contribution in [0, 0.1) is 0 Å². The van der Waals surface area contributed by atoms with E-state index in [1.807, 2.05) is 0 Å². The molecule has 1 atom stereocenters. The second-order valence-electron chi connectivity index (χ2n) is 8.71. The van der Waals surface area contributed by atoms with Gasteiger partial charge in [-0.05, 0) is 71.1 Å². The van der Waals surface area contributed by atoms with Crippen molar-refractivity contribution in [3.8, 4) is 0 Å². The van der Waals surface area contributed by atoms with Crippen molar-refractivity contribution >= 4 is 5.91 Å². The molecule has 0 bridgehead atoms. The van der Waals surface area contributed by atoms with Crippen LogP contribution in [-0.2, 0) is 4.79 Å². The maximum absolute atomic E-state index is 11.8. The summed E-state index contributed by atoms with van der Waals surface area (Å²) in [6, 6.07) is 0.861. The second-order valence-corrected chi connectivity index (χ2v) is 8.71. The number of hydrogen-bond donors (Lipinski definition) is 2. The lowest BCUT2D eigenvalue weighted by Gasteiger charge is -2.36. The highest BCUT2D eigenvalue weighted by Gasteiger charge is 2.21. The third-order valence-corrected chi connectivity index (χ3v) is 6.34. The molecular weight excluding hydrogens is 334 g/mol. The summed E-state index contributed by atoms with van der Waals surface area (Å²) >= 11 is 0. The summed E-state index contributed by atoms with van der Waals surface area (Å²) in [4.78, 5) is 14.6. The van der Waals surface area contributed by atoms with Gasteiger partial charge in [0.15, 0.2) is 0 Å². The minimum absolute atomic E-state index is 0.251. The molecule has 2 aliphatic rings. The number of nitrogens with one attached hydrogen (secondary N) is 2. The van der Waals surface area contributed by atoms with Crippen LogP contribution in [-0.4, -0.2) is 49.6 Å². The Morgan fingerprint density at radius 2 is 1.22 bits per heavy atom. The third-order valence-electron chi connectivity index (χ3n) is 6.34. The highest BCUT2D eigenvalue weighted by molar-refractivity contribution is 5.75. The van der Waals surface area contributed by atoms with Crippen molar-refractivity contribution in [1.82, 2.24) is 15.5 Å². The molecule has 1 amide bonds. The lowest BCUT2D eigenvalue weighted by molar-refractivity contribution is -0.121. The summed E-state index contributed by atoms with van der Waals surface area (Å²) in [7, 11) is 0. The zero-order valence-corrected chi connectivity index (χ0v) is 17.8. The van der Waals surface area contributed by atoms with Crippen molar-refractivity contribution in [2.45, 2.75) is 109 Å². The quantitative estimate of drug-likeness (QED) is 0.645. The van der Waals surface area contributed by atoms with Crippen LogP contribution in [0.5, 0.6) is 0 Å². The molecule has 2 saturated heterocycles. The minimum atomic E-state index is 0.251. The molecule has 0 aromatic carbocycles. The molecule has 2 rings (SSSR count). The van der Waals surface area contributed by atoms with Gasteiger partial charge < -0.3 is 15.5 Å². The van der Waals surface area contributed by atoms with E-state index < -0.39 is 0 Å². The Morgan fingerprint density at radius 3 is 2.04 bits per heavy atom. The first-order valence-corrected chi connectivity index (χ1v) is 12.1. The lowest BCUT2D eigenvalue weighted by atomic mass is 9.96. The Morgan fingerprint density at radius 1 is 0.630 bits per heavy atom. The van der Waals surface area contributed by atoms with Gasteiger partial charge in [0.25, 0.3) is 0 Å². The number of hydrogen-bond acceptors (Lipinski definition) is 3. The molecule has 27 heavy (non-hydrogen) atoms. The van der Waals surface area contributed by atoms with Crippen LogP contribution in [0.15, 0.2) is 0 Å². The fourth-order valence-electron chi connectivity index (χ4n) is 4.63. The van der Waals surface area contributed by atoms with Crippen molar-refractivity contribution in [2.24, 2.45) is 0 Å². The molecule has 158 valence electrons. The van der Waals surface area contributed by atoms with Crippen LogP contribution in [0.25, 0.3) is 0 Å². The van der Waals surface area contributed by atoms with Crippen LogP contribution in [0.3, 0.4) is 0 Å². The van der Waals surface area contributed by atoms with Gasteiger partial charge in [-0.25, -0.2) is 0 Å². The summed E-state index contributed by atoms with van der Waals surface area (Å²) in [5.74, 6) is 0.251. The minimum Gasteiger partial charge on any atom is -0.356 e. The zero-order valence-electron chi connectivity index (χ0n) is 17.8. The highest BCUT2D eigenvalue weighted by Crippen LogP contribution is 2.22. The van der Waals surface area contributed by atoms with Gasteiger partial charge >= 0.3 is 0 Å². The van der Waals surface area contributed by atoms with Crippen molar-refractivity contribution < 1.29 is 4.79 Å². The molecule has 4 nitrogen and oxygen atoms in total. The van der Waals surface area contributed by atoms with Gasteiger partial charge in [-0.2, -0.15) is 0 Å². The van der Waals surface area contributed by atoms with Crippen molar-refractivity contribution in [3.05, 3.63) is 0 Å². The van der Waals surface area contributed by atoms with Crippen LogP contribution in [0.4, 0.5) is 0 Å². The maximum atomic E-state index is 11.8. The van der Waals surface area contributed by atoms with Gasteiger partial charge in [-0.3, -0.25) is 4.79 Å². The first-order valence-electron chi connectivity index (χ1n) is 12.1. The SMILES string of the molecule is O=C1CCCCCCCCCC[C@@H]2CCCCN2CCCNCCCCN1. The second kappa shape index (κ2) is 15.3. The lowest BCUT2D eigenvalue weighted by Crippen LogP contribution is -2.40. The fraction of sp³-hybridized carbons (Fsp3) is 0.957. The van der Waals surface area contributed by atoms with E-state index in [1.54, 1.807) is 0 Å². The number of carbonyl (C=O) groups is 1. The predicted octanol–water partition coefficient (Wildman–Crippen LogP) is 4.63. The summed E-state index contributed by atoms with van der Waals surface area (Å²) in [6.45, 7) is 5.66. The van der Waals surface area contributed by atoms with Crippen LogP contribution in [0.2, 0.25) is 0 Å². The number of piperidine rings is 1. The van der Waals surface area contributed by atoms with Gasteiger partial charge in [-0.1, -0.05) is 51.4 Å². The summed E-state index contributed by atoms with van der Waals surface area (Å²) in [6.07, 6.45) is 20.5. The first kappa shape index (κ1) is 22.7. The van der Waals surface area contributed by atoms with Gasteiger partial charge in [0.1, 0.15) is 0 Å². The third kappa shape index (κ3) is 11.1. The van der Waals surface area contributed by atoms with E-state index in [0.29, 0.717) is 0 Å². The van der Waals surface area contributed by atoms with E-state index in [4.69, 9.17) is 0 Å². The van der Waals surface area contributed by atoms with E-state index in [1.165, 1.54) is 90.1 Å². The molecule has 0 spiro atoms. The molecule has 2 N–H and O–H groups in total. The van der Waals surface area contributed by atoms with E-state index in [0.717, 1.165) is 51.4 Å². The number of rotatable bonds is 0. The Bertz CT molecular complexity index is 375. The van der Waals surface area contributed by atoms with Crippen molar-refractivity contribution in [1.29, 1.82) is 0 Å².